The van der Waals surface area contributed by atoms with E-state index < -0.39 is 0 Å². The molecule has 0 unspecified atom stereocenters. The third-order valence-electron chi connectivity index (χ3n) is 3.14. The van der Waals surface area contributed by atoms with Gasteiger partial charge in [0.2, 0.25) is 0 Å². The molecule has 1 aromatic rings. The molecule has 0 spiro atoms. The minimum atomic E-state index is 0.274. The van der Waals surface area contributed by atoms with Crippen molar-refractivity contribution >= 4 is 23.0 Å². The van der Waals surface area contributed by atoms with Crippen LogP contribution in [0.25, 0.3) is 0 Å². The lowest BCUT2D eigenvalue weighted by molar-refractivity contribution is 0.304. The van der Waals surface area contributed by atoms with Gasteiger partial charge in [-0.2, -0.15) is 0 Å². The van der Waals surface area contributed by atoms with Crippen molar-refractivity contribution in [3.8, 4) is 0 Å². The molecule has 0 aromatic carbocycles. The number of nitrogens with two attached hydrogens (primary N) is 1. The van der Waals surface area contributed by atoms with E-state index in [1.54, 1.807) is 12.4 Å². The highest BCUT2D eigenvalue weighted by Gasteiger charge is 2.17. The second-order valence-corrected chi connectivity index (χ2v) is 5.62. The van der Waals surface area contributed by atoms with Gasteiger partial charge in [0.1, 0.15) is 16.5 Å². The first-order valence-corrected chi connectivity index (χ1v) is 6.68. The van der Waals surface area contributed by atoms with Crippen LogP contribution < -0.4 is 11.1 Å². The Labute approximate surface area is 114 Å². The molecule has 1 aromatic heterocycles. The van der Waals surface area contributed by atoms with Gasteiger partial charge in [-0.1, -0.05) is 39.9 Å². The molecule has 3 N–H and O–H groups in total. The van der Waals surface area contributed by atoms with E-state index in [4.69, 9.17) is 18.0 Å². The molecule has 0 fully saturated rings. The summed E-state index contributed by atoms with van der Waals surface area (Å²) in [7, 11) is 0. The van der Waals surface area contributed by atoms with E-state index in [0.29, 0.717) is 23.4 Å². The topological polar surface area (TPSA) is 63.8 Å². The van der Waals surface area contributed by atoms with E-state index >= 15 is 0 Å². The molecular formula is C13H22N4S. The highest BCUT2D eigenvalue weighted by Crippen LogP contribution is 2.20. The van der Waals surface area contributed by atoms with Gasteiger partial charge in [0, 0.05) is 6.54 Å². The number of nitrogens with one attached hydrogen (secondary N) is 1. The minimum absolute atomic E-state index is 0.274. The van der Waals surface area contributed by atoms with E-state index in [1.807, 2.05) is 0 Å². The van der Waals surface area contributed by atoms with Crippen LogP contribution in [-0.4, -0.2) is 21.5 Å². The summed E-state index contributed by atoms with van der Waals surface area (Å²) in [5.74, 6) is 2.66. The SMILES string of the molecule is CC(C)C(CNc1cnc(C(N)=S)cn1)C(C)C. The number of hydrogen-bond acceptors (Lipinski definition) is 4. The monoisotopic (exact) mass is 266 g/mol. The molecule has 0 bridgehead atoms. The number of anilines is 1. The van der Waals surface area contributed by atoms with Crippen LogP contribution in [0.15, 0.2) is 12.4 Å². The molecule has 0 atom stereocenters. The number of thiocarbonyl (C=S) groups is 1. The third kappa shape index (κ3) is 4.22. The van der Waals surface area contributed by atoms with Crippen LogP contribution in [0.4, 0.5) is 5.82 Å². The fraction of sp³-hybridized carbons (Fsp3) is 0.615. The summed E-state index contributed by atoms with van der Waals surface area (Å²) in [6.45, 7) is 9.88. The van der Waals surface area contributed by atoms with Crippen LogP contribution in [0.3, 0.4) is 0 Å². The van der Waals surface area contributed by atoms with Crippen LogP contribution in [0.1, 0.15) is 33.4 Å². The molecule has 0 aliphatic carbocycles. The summed E-state index contributed by atoms with van der Waals surface area (Å²) in [6, 6.07) is 0. The molecule has 0 saturated carbocycles. The molecule has 0 saturated heterocycles. The van der Waals surface area contributed by atoms with Crippen LogP contribution in [0.5, 0.6) is 0 Å². The van der Waals surface area contributed by atoms with Crippen molar-refractivity contribution in [3.05, 3.63) is 18.1 Å². The maximum Gasteiger partial charge on any atom is 0.144 e. The summed E-state index contributed by atoms with van der Waals surface area (Å²) in [4.78, 5) is 8.68. The number of hydrogen-bond donors (Lipinski definition) is 2. The van der Waals surface area contributed by atoms with Gasteiger partial charge >= 0.3 is 0 Å². The van der Waals surface area contributed by atoms with Crippen LogP contribution in [-0.2, 0) is 0 Å². The quantitative estimate of drug-likeness (QED) is 0.774. The molecule has 5 heteroatoms. The molecule has 0 aliphatic rings. The highest BCUT2D eigenvalue weighted by atomic mass is 32.1. The second-order valence-electron chi connectivity index (χ2n) is 5.18. The minimum Gasteiger partial charge on any atom is -0.388 e. The predicted molar refractivity (Wildman–Crippen MR) is 79.6 cm³/mol. The highest BCUT2D eigenvalue weighted by molar-refractivity contribution is 7.80. The molecule has 0 aliphatic heterocycles. The standard InChI is InChI=1S/C13H22N4S/c1-8(2)10(9(3)4)5-16-12-7-15-11(6-17-12)13(14)18/h6-10H,5H2,1-4H3,(H2,14,18)(H,16,17). The van der Waals surface area contributed by atoms with Gasteiger partial charge in [0.25, 0.3) is 0 Å². The van der Waals surface area contributed by atoms with Gasteiger partial charge in [0.15, 0.2) is 0 Å². The Morgan fingerprint density at radius 2 is 1.83 bits per heavy atom. The van der Waals surface area contributed by atoms with E-state index in [0.717, 1.165) is 12.4 Å². The lowest BCUT2D eigenvalue weighted by Crippen LogP contribution is -2.25. The molecule has 1 rings (SSSR count). The Morgan fingerprint density at radius 1 is 1.22 bits per heavy atom. The van der Waals surface area contributed by atoms with Gasteiger partial charge in [-0.05, 0) is 17.8 Å². The van der Waals surface area contributed by atoms with E-state index in [2.05, 4.69) is 43.0 Å². The smallest absolute Gasteiger partial charge is 0.144 e. The summed E-state index contributed by atoms with van der Waals surface area (Å²) in [5.41, 5.74) is 6.03. The van der Waals surface area contributed by atoms with Gasteiger partial charge < -0.3 is 11.1 Å². The second kappa shape index (κ2) is 6.64. The van der Waals surface area contributed by atoms with Gasteiger partial charge in [-0.3, -0.25) is 0 Å². The fourth-order valence-corrected chi connectivity index (χ4v) is 2.12. The summed E-state index contributed by atoms with van der Waals surface area (Å²) < 4.78 is 0. The van der Waals surface area contributed by atoms with Crippen molar-refractivity contribution in [1.82, 2.24) is 9.97 Å². The van der Waals surface area contributed by atoms with E-state index in [9.17, 15) is 0 Å². The Balaban J connectivity index is 2.60. The zero-order valence-corrected chi connectivity index (χ0v) is 12.3. The zero-order chi connectivity index (χ0) is 13.7. The van der Waals surface area contributed by atoms with Gasteiger partial charge in [-0.25, -0.2) is 9.97 Å². The largest absolute Gasteiger partial charge is 0.388 e. The van der Waals surface area contributed by atoms with Crippen molar-refractivity contribution in [3.63, 3.8) is 0 Å². The molecular weight excluding hydrogens is 244 g/mol. The number of rotatable bonds is 6. The molecule has 1 heterocycles. The van der Waals surface area contributed by atoms with Crippen molar-refractivity contribution in [2.75, 3.05) is 11.9 Å². The normalized spacial score (nSPS) is 11.3. The fourth-order valence-electron chi connectivity index (χ4n) is 2.01. The predicted octanol–water partition coefficient (Wildman–Crippen LogP) is 2.45. The van der Waals surface area contributed by atoms with Crippen LogP contribution in [0.2, 0.25) is 0 Å². The van der Waals surface area contributed by atoms with Crippen molar-refractivity contribution in [2.24, 2.45) is 23.5 Å². The van der Waals surface area contributed by atoms with Gasteiger partial charge in [0.05, 0.1) is 12.4 Å². The lowest BCUT2D eigenvalue weighted by atomic mass is 9.85. The van der Waals surface area contributed by atoms with Crippen LogP contribution >= 0.6 is 12.2 Å². The molecule has 0 amide bonds. The van der Waals surface area contributed by atoms with Gasteiger partial charge in [-0.15, -0.1) is 0 Å². The summed E-state index contributed by atoms with van der Waals surface area (Å²) >= 11 is 4.83. The first-order valence-electron chi connectivity index (χ1n) is 6.27. The molecule has 18 heavy (non-hydrogen) atoms. The first-order chi connectivity index (χ1) is 8.41. The average Bonchev–Trinajstić information content (AvgIpc) is 2.28. The molecule has 100 valence electrons. The molecule has 4 nitrogen and oxygen atoms in total. The van der Waals surface area contributed by atoms with Crippen LogP contribution in [0, 0.1) is 17.8 Å². The Hall–Kier alpha value is -1.23. The lowest BCUT2D eigenvalue weighted by Gasteiger charge is -2.25. The zero-order valence-electron chi connectivity index (χ0n) is 11.5. The van der Waals surface area contributed by atoms with E-state index in [-0.39, 0.29) is 4.99 Å². The van der Waals surface area contributed by atoms with Crippen molar-refractivity contribution in [1.29, 1.82) is 0 Å². The van der Waals surface area contributed by atoms with Crippen molar-refractivity contribution in [2.45, 2.75) is 27.7 Å². The van der Waals surface area contributed by atoms with Crippen molar-refractivity contribution < 1.29 is 0 Å². The Morgan fingerprint density at radius 3 is 2.22 bits per heavy atom. The average molecular weight is 266 g/mol. The number of aromatic nitrogens is 2. The molecule has 0 radical (unpaired) electrons. The maximum absolute atomic E-state index is 5.47. The third-order valence-corrected chi connectivity index (χ3v) is 3.34. The first kappa shape index (κ1) is 14.8. The Kier molecular flexibility index (Phi) is 5.47. The Bertz CT molecular complexity index is 378. The summed E-state index contributed by atoms with van der Waals surface area (Å²) in [5, 5.41) is 3.32. The summed E-state index contributed by atoms with van der Waals surface area (Å²) in [6.07, 6.45) is 3.27. The maximum atomic E-state index is 5.47. The van der Waals surface area contributed by atoms with E-state index in [1.165, 1.54) is 0 Å². The number of nitrogens with zero attached hydrogens (tertiary/aromatic N) is 2.